The Hall–Kier alpha value is -1.01. The van der Waals surface area contributed by atoms with Crippen molar-refractivity contribution in [1.82, 2.24) is 10.4 Å². The molecule has 0 aliphatic carbocycles. The maximum atomic E-state index is 13.2. The maximum Gasteiger partial charge on any atom is 0.137 e. The third-order valence-electron chi connectivity index (χ3n) is 2.78. The number of pyridine rings is 1. The number of nitrogens with one attached hydrogen (secondary N) is 1. The van der Waals surface area contributed by atoms with Crippen molar-refractivity contribution in [2.24, 2.45) is 5.84 Å². The predicted molar refractivity (Wildman–Crippen MR) is 77.1 cm³/mol. The fourth-order valence-corrected chi connectivity index (χ4v) is 2.42. The number of hydrogen-bond donors (Lipinski definition) is 2. The van der Waals surface area contributed by atoms with E-state index in [-0.39, 0.29) is 11.9 Å². The Balaban J connectivity index is 2.21. The molecule has 0 saturated heterocycles. The highest BCUT2D eigenvalue weighted by Crippen LogP contribution is 2.23. The van der Waals surface area contributed by atoms with Crippen LogP contribution in [0.3, 0.4) is 0 Å². The molecule has 6 heteroatoms. The van der Waals surface area contributed by atoms with Gasteiger partial charge in [-0.25, -0.2) is 9.37 Å². The highest BCUT2D eigenvalue weighted by molar-refractivity contribution is 9.10. The third kappa shape index (κ3) is 3.73. The summed E-state index contributed by atoms with van der Waals surface area (Å²) in [6, 6.07) is 8.37. The normalized spacial score (nSPS) is 12.4. The molecular formula is C13H12BrClFN3. The molecule has 0 aliphatic rings. The summed E-state index contributed by atoms with van der Waals surface area (Å²) >= 11 is 9.03. The van der Waals surface area contributed by atoms with Crippen LogP contribution in [0.5, 0.6) is 0 Å². The van der Waals surface area contributed by atoms with Crippen molar-refractivity contribution in [3.63, 3.8) is 0 Å². The standard InChI is InChI=1S/C13H12BrClFN3/c14-10-5-8(1-2-11(10)16)6-12(19-17)9-3-4-18-13(15)7-9/h1-5,7,12,19H,6,17H2. The van der Waals surface area contributed by atoms with Gasteiger partial charge in [0.1, 0.15) is 11.0 Å². The summed E-state index contributed by atoms with van der Waals surface area (Å²) in [5.74, 6) is 5.29. The second-order valence-corrected chi connectivity index (χ2v) is 5.33. The fraction of sp³-hybridized carbons (Fsp3) is 0.154. The first-order valence-corrected chi connectivity index (χ1v) is 6.78. The van der Waals surface area contributed by atoms with Crippen molar-refractivity contribution in [1.29, 1.82) is 0 Å². The van der Waals surface area contributed by atoms with Crippen LogP contribution in [0, 0.1) is 5.82 Å². The number of nitrogens with two attached hydrogens (primary N) is 1. The van der Waals surface area contributed by atoms with E-state index < -0.39 is 0 Å². The van der Waals surface area contributed by atoms with Crippen LogP contribution in [0.4, 0.5) is 4.39 Å². The largest absolute Gasteiger partial charge is 0.271 e. The smallest absolute Gasteiger partial charge is 0.137 e. The summed E-state index contributed by atoms with van der Waals surface area (Å²) in [7, 11) is 0. The minimum atomic E-state index is -0.284. The molecule has 0 saturated carbocycles. The number of hydrazine groups is 1. The van der Waals surface area contributed by atoms with Gasteiger partial charge in [0.2, 0.25) is 0 Å². The van der Waals surface area contributed by atoms with Gasteiger partial charge in [0.15, 0.2) is 0 Å². The van der Waals surface area contributed by atoms with Gasteiger partial charge < -0.3 is 0 Å². The number of hydrogen-bond acceptors (Lipinski definition) is 3. The number of halogens is 3. The molecule has 100 valence electrons. The molecule has 0 radical (unpaired) electrons. The second-order valence-electron chi connectivity index (χ2n) is 4.08. The zero-order valence-electron chi connectivity index (χ0n) is 9.91. The number of benzene rings is 1. The number of nitrogens with zero attached hydrogens (tertiary/aromatic N) is 1. The SMILES string of the molecule is NNC(Cc1ccc(F)c(Br)c1)c1ccnc(Cl)c1. The van der Waals surface area contributed by atoms with E-state index in [0.717, 1.165) is 11.1 Å². The molecule has 19 heavy (non-hydrogen) atoms. The van der Waals surface area contributed by atoms with E-state index in [0.29, 0.717) is 16.0 Å². The highest BCUT2D eigenvalue weighted by Gasteiger charge is 2.12. The van der Waals surface area contributed by atoms with Crippen LogP contribution in [0.2, 0.25) is 5.15 Å². The quantitative estimate of drug-likeness (QED) is 0.508. The first-order valence-electron chi connectivity index (χ1n) is 5.61. The molecule has 0 fully saturated rings. The molecule has 1 aromatic carbocycles. The van der Waals surface area contributed by atoms with Gasteiger partial charge in [0.25, 0.3) is 0 Å². The third-order valence-corrected chi connectivity index (χ3v) is 3.59. The molecule has 2 aromatic rings. The lowest BCUT2D eigenvalue weighted by atomic mass is 10.0. The lowest BCUT2D eigenvalue weighted by molar-refractivity contribution is 0.550. The van der Waals surface area contributed by atoms with E-state index in [1.807, 2.05) is 6.07 Å². The lowest BCUT2D eigenvalue weighted by Crippen LogP contribution is -2.29. The van der Waals surface area contributed by atoms with Crippen molar-refractivity contribution in [3.8, 4) is 0 Å². The van der Waals surface area contributed by atoms with Crippen molar-refractivity contribution in [2.45, 2.75) is 12.5 Å². The van der Waals surface area contributed by atoms with Gasteiger partial charge in [-0.05, 0) is 57.7 Å². The average Bonchev–Trinajstić information content (AvgIpc) is 2.40. The number of aromatic nitrogens is 1. The molecule has 0 spiro atoms. The average molecular weight is 345 g/mol. The van der Waals surface area contributed by atoms with Gasteiger partial charge >= 0.3 is 0 Å². The molecule has 0 amide bonds. The maximum absolute atomic E-state index is 13.2. The summed E-state index contributed by atoms with van der Waals surface area (Å²) in [6.07, 6.45) is 2.25. The van der Waals surface area contributed by atoms with Crippen LogP contribution in [0.15, 0.2) is 41.0 Å². The van der Waals surface area contributed by atoms with Gasteiger partial charge in [-0.2, -0.15) is 0 Å². The van der Waals surface area contributed by atoms with Crippen molar-refractivity contribution in [3.05, 3.63) is 63.1 Å². The van der Waals surface area contributed by atoms with Gasteiger partial charge in [-0.15, -0.1) is 0 Å². The topological polar surface area (TPSA) is 50.9 Å². The van der Waals surface area contributed by atoms with Crippen LogP contribution in [-0.2, 0) is 6.42 Å². The van der Waals surface area contributed by atoms with E-state index >= 15 is 0 Å². The Morgan fingerprint density at radius 3 is 2.79 bits per heavy atom. The van der Waals surface area contributed by atoms with Crippen LogP contribution >= 0.6 is 27.5 Å². The first kappa shape index (κ1) is 14.4. The van der Waals surface area contributed by atoms with Crippen molar-refractivity contribution >= 4 is 27.5 Å². The Labute approximate surface area is 124 Å². The molecular weight excluding hydrogens is 333 g/mol. The summed E-state index contributed by atoms with van der Waals surface area (Å²) in [5, 5.41) is 0.415. The Kier molecular flexibility index (Phi) is 4.87. The predicted octanol–water partition coefficient (Wildman–Crippen LogP) is 3.38. The second kappa shape index (κ2) is 6.43. The molecule has 0 bridgehead atoms. The van der Waals surface area contributed by atoms with Crippen molar-refractivity contribution < 1.29 is 4.39 Å². The Morgan fingerprint density at radius 2 is 2.16 bits per heavy atom. The molecule has 0 aliphatic heterocycles. The molecule has 3 nitrogen and oxygen atoms in total. The molecule has 1 heterocycles. The van der Waals surface area contributed by atoms with Crippen LogP contribution in [0.1, 0.15) is 17.2 Å². The Morgan fingerprint density at radius 1 is 1.37 bits per heavy atom. The van der Waals surface area contributed by atoms with E-state index in [1.165, 1.54) is 6.07 Å². The minimum absolute atomic E-state index is 0.113. The lowest BCUT2D eigenvalue weighted by Gasteiger charge is -2.16. The Bertz CT molecular complexity index is 580. The van der Waals surface area contributed by atoms with E-state index in [9.17, 15) is 4.39 Å². The van der Waals surface area contributed by atoms with E-state index in [1.54, 1.807) is 24.4 Å². The van der Waals surface area contributed by atoms with Gasteiger partial charge in [0.05, 0.1) is 10.5 Å². The summed E-state index contributed by atoms with van der Waals surface area (Å²) in [6.45, 7) is 0. The van der Waals surface area contributed by atoms with Crippen LogP contribution in [0.25, 0.3) is 0 Å². The molecule has 3 N–H and O–H groups in total. The van der Waals surface area contributed by atoms with Crippen LogP contribution < -0.4 is 11.3 Å². The zero-order valence-corrected chi connectivity index (χ0v) is 12.2. The summed E-state index contributed by atoms with van der Waals surface area (Å²) < 4.78 is 13.6. The van der Waals surface area contributed by atoms with Gasteiger partial charge in [-0.3, -0.25) is 11.3 Å². The first-order chi connectivity index (χ1) is 9.10. The van der Waals surface area contributed by atoms with E-state index in [4.69, 9.17) is 17.4 Å². The van der Waals surface area contributed by atoms with E-state index in [2.05, 4.69) is 26.3 Å². The fourth-order valence-electron chi connectivity index (χ4n) is 1.81. The molecule has 1 unspecified atom stereocenters. The summed E-state index contributed by atoms with van der Waals surface area (Å²) in [4.78, 5) is 3.93. The van der Waals surface area contributed by atoms with Gasteiger partial charge in [-0.1, -0.05) is 17.7 Å². The zero-order chi connectivity index (χ0) is 13.8. The minimum Gasteiger partial charge on any atom is -0.271 e. The molecule has 1 atom stereocenters. The van der Waals surface area contributed by atoms with Gasteiger partial charge in [0, 0.05) is 6.20 Å². The molecule has 1 aromatic heterocycles. The summed E-state index contributed by atoms with van der Waals surface area (Å²) in [5.41, 5.74) is 4.63. The number of rotatable bonds is 4. The van der Waals surface area contributed by atoms with Crippen LogP contribution in [-0.4, -0.2) is 4.98 Å². The molecule has 2 rings (SSSR count). The highest BCUT2D eigenvalue weighted by atomic mass is 79.9. The van der Waals surface area contributed by atoms with Crippen molar-refractivity contribution in [2.75, 3.05) is 0 Å². The monoisotopic (exact) mass is 343 g/mol.